The predicted molar refractivity (Wildman–Crippen MR) is 79.8 cm³/mol. The molecule has 1 fully saturated rings. The van der Waals surface area contributed by atoms with Gasteiger partial charge in [-0.05, 0) is 25.3 Å². The molecule has 8 nitrogen and oxygen atoms in total. The van der Waals surface area contributed by atoms with Crippen LogP contribution in [0.4, 0.5) is 5.95 Å². The maximum absolute atomic E-state index is 12.3. The molecule has 0 amide bonds. The van der Waals surface area contributed by atoms with E-state index >= 15 is 0 Å². The van der Waals surface area contributed by atoms with Crippen molar-refractivity contribution in [3.63, 3.8) is 0 Å². The predicted octanol–water partition coefficient (Wildman–Crippen LogP) is 0.238. The molecule has 1 aromatic rings. The zero-order valence-electron chi connectivity index (χ0n) is 12.4. The Balaban J connectivity index is 1.96. The summed E-state index contributed by atoms with van der Waals surface area (Å²) < 4.78 is 28.5. The van der Waals surface area contributed by atoms with Gasteiger partial charge in [0.15, 0.2) is 0 Å². The van der Waals surface area contributed by atoms with Gasteiger partial charge in [-0.2, -0.15) is 17.8 Å². The molecule has 0 saturated carbocycles. The molecule has 1 aliphatic rings. The summed E-state index contributed by atoms with van der Waals surface area (Å²) in [6.45, 7) is 6.02. The minimum absolute atomic E-state index is 0.0000658. The quantitative estimate of drug-likeness (QED) is 0.780. The van der Waals surface area contributed by atoms with Crippen molar-refractivity contribution in [3.05, 3.63) is 12.4 Å². The molecule has 2 rings (SSSR count). The Bertz CT molecular complexity index is 536. The van der Waals surface area contributed by atoms with Crippen LogP contribution in [0.15, 0.2) is 12.4 Å². The molecular formula is C12H22N6O2S. The lowest BCUT2D eigenvalue weighted by molar-refractivity contribution is 0.257. The summed E-state index contributed by atoms with van der Waals surface area (Å²) in [6.07, 6.45) is 4.69. The van der Waals surface area contributed by atoms with Crippen LogP contribution in [0.2, 0.25) is 0 Å². The summed E-state index contributed by atoms with van der Waals surface area (Å²) in [5.74, 6) is 0.326. The Morgan fingerprint density at radius 2 is 2.24 bits per heavy atom. The molecule has 0 radical (unpaired) electrons. The van der Waals surface area contributed by atoms with Gasteiger partial charge in [0.2, 0.25) is 0 Å². The SMILES string of the molecule is CC(C)NCC1CCCN(S(=O)(=O)Nc2nccnn2)C1. The van der Waals surface area contributed by atoms with Crippen LogP contribution >= 0.6 is 0 Å². The number of hydrogen-bond donors (Lipinski definition) is 2. The van der Waals surface area contributed by atoms with Gasteiger partial charge in [-0.1, -0.05) is 13.8 Å². The first-order valence-electron chi connectivity index (χ1n) is 7.12. The van der Waals surface area contributed by atoms with E-state index in [0.717, 1.165) is 19.4 Å². The minimum Gasteiger partial charge on any atom is -0.314 e. The van der Waals surface area contributed by atoms with Crippen molar-refractivity contribution in [3.8, 4) is 0 Å². The molecule has 9 heteroatoms. The standard InChI is InChI=1S/C12H22N6O2S/c1-10(2)14-8-11-4-3-7-18(9-11)21(19,20)17-12-13-5-6-15-16-12/h5-6,10-11,14H,3-4,7-9H2,1-2H3,(H,13,16,17). The lowest BCUT2D eigenvalue weighted by atomic mass is 9.99. The van der Waals surface area contributed by atoms with Crippen molar-refractivity contribution in [1.29, 1.82) is 0 Å². The average molecular weight is 314 g/mol. The molecule has 1 unspecified atom stereocenters. The number of nitrogens with zero attached hydrogens (tertiary/aromatic N) is 4. The number of nitrogens with one attached hydrogen (secondary N) is 2. The zero-order chi connectivity index (χ0) is 15.3. The number of aromatic nitrogens is 3. The van der Waals surface area contributed by atoms with Gasteiger partial charge in [0.25, 0.3) is 5.95 Å². The first kappa shape index (κ1) is 16.1. The number of hydrogen-bond acceptors (Lipinski definition) is 6. The lowest BCUT2D eigenvalue weighted by Gasteiger charge is -2.32. The highest BCUT2D eigenvalue weighted by Crippen LogP contribution is 2.19. The topological polar surface area (TPSA) is 100 Å². The van der Waals surface area contributed by atoms with Gasteiger partial charge in [-0.15, -0.1) is 5.10 Å². The monoisotopic (exact) mass is 314 g/mol. The molecule has 118 valence electrons. The van der Waals surface area contributed by atoms with Crippen LogP contribution in [0.3, 0.4) is 0 Å². The van der Waals surface area contributed by atoms with Crippen molar-refractivity contribution in [1.82, 2.24) is 24.8 Å². The smallest absolute Gasteiger partial charge is 0.304 e. The molecule has 0 bridgehead atoms. The Kier molecular flexibility index (Phi) is 5.43. The fourth-order valence-corrected chi connectivity index (χ4v) is 3.52. The molecule has 0 aliphatic carbocycles. The number of anilines is 1. The molecule has 1 atom stereocenters. The summed E-state index contributed by atoms with van der Waals surface area (Å²) in [4.78, 5) is 3.83. The van der Waals surface area contributed by atoms with E-state index in [1.54, 1.807) is 0 Å². The number of rotatable bonds is 6. The van der Waals surface area contributed by atoms with Gasteiger partial charge < -0.3 is 5.32 Å². The van der Waals surface area contributed by atoms with Gasteiger partial charge in [0.1, 0.15) is 0 Å². The first-order valence-corrected chi connectivity index (χ1v) is 8.56. The summed E-state index contributed by atoms with van der Waals surface area (Å²) >= 11 is 0. The van der Waals surface area contributed by atoms with Crippen LogP contribution in [0.1, 0.15) is 26.7 Å². The van der Waals surface area contributed by atoms with E-state index in [0.29, 0.717) is 25.0 Å². The summed E-state index contributed by atoms with van der Waals surface area (Å²) in [6, 6.07) is 0.402. The van der Waals surface area contributed by atoms with Crippen molar-refractivity contribution in [2.24, 2.45) is 5.92 Å². The third kappa shape index (κ3) is 4.87. The van der Waals surface area contributed by atoms with Crippen LogP contribution < -0.4 is 10.0 Å². The third-order valence-electron chi connectivity index (χ3n) is 3.34. The Morgan fingerprint density at radius 1 is 1.43 bits per heavy atom. The van der Waals surface area contributed by atoms with Crippen molar-refractivity contribution in [2.45, 2.75) is 32.7 Å². The molecular weight excluding hydrogens is 292 g/mol. The maximum atomic E-state index is 12.3. The maximum Gasteiger partial charge on any atom is 0.304 e. The van der Waals surface area contributed by atoms with E-state index in [9.17, 15) is 8.42 Å². The highest BCUT2D eigenvalue weighted by Gasteiger charge is 2.29. The van der Waals surface area contributed by atoms with Gasteiger partial charge in [-0.3, -0.25) is 0 Å². The first-order chi connectivity index (χ1) is 9.97. The van der Waals surface area contributed by atoms with E-state index in [1.807, 2.05) is 0 Å². The van der Waals surface area contributed by atoms with Crippen molar-refractivity contribution in [2.75, 3.05) is 24.4 Å². The second-order valence-electron chi connectivity index (χ2n) is 5.50. The lowest BCUT2D eigenvalue weighted by Crippen LogP contribution is -2.45. The highest BCUT2D eigenvalue weighted by molar-refractivity contribution is 7.90. The van der Waals surface area contributed by atoms with Crippen LogP contribution in [-0.2, 0) is 10.2 Å². The normalized spacial score (nSPS) is 20.6. The van der Waals surface area contributed by atoms with Gasteiger partial charge in [0, 0.05) is 19.1 Å². The Hall–Kier alpha value is -1.32. The van der Waals surface area contributed by atoms with Gasteiger partial charge in [-0.25, -0.2) is 9.71 Å². The van der Waals surface area contributed by atoms with Crippen molar-refractivity contribution >= 4 is 16.2 Å². The Morgan fingerprint density at radius 3 is 2.90 bits per heavy atom. The fraction of sp³-hybridized carbons (Fsp3) is 0.750. The molecule has 2 N–H and O–H groups in total. The van der Waals surface area contributed by atoms with E-state index in [-0.39, 0.29) is 5.95 Å². The Labute approximate surface area is 125 Å². The number of piperidine rings is 1. The fourth-order valence-electron chi connectivity index (χ4n) is 2.29. The summed E-state index contributed by atoms with van der Waals surface area (Å²) in [7, 11) is -3.62. The van der Waals surface area contributed by atoms with E-state index in [1.165, 1.54) is 16.7 Å². The van der Waals surface area contributed by atoms with E-state index < -0.39 is 10.2 Å². The van der Waals surface area contributed by atoms with Crippen molar-refractivity contribution < 1.29 is 8.42 Å². The van der Waals surface area contributed by atoms with Gasteiger partial charge >= 0.3 is 10.2 Å². The third-order valence-corrected chi connectivity index (χ3v) is 4.79. The van der Waals surface area contributed by atoms with Gasteiger partial charge in [0.05, 0.1) is 12.4 Å². The van der Waals surface area contributed by atoms with Crippen LogP contribution in [-0.4, -0.2) is 53.6 Å². The molecule has 2 heterocycles. The highest BCUT2D eigenvalue weighted by atomic mass is 32.2. The van der Waals surface area contributed by atoms with E-state index in [4.69, 9.17) is 0 Å². The molecule has 1 aliphatic heterocycles. The molecule has 1 saturated heterocycles. The summed E-state index contributed by atoms with van der Waals surface area (Å²) in [5.41, 5.74) is 0. The largest absolute Gasteiger partial charge is 0.314 e. The van der Waals surface area contributed by atoms with E-state index in [2.05, 4.69) is 39.1 Å². The second kappa shape index (κ2) is 7.10. The van der Waals surface area contributed by atoms with Crippen LogP contribution in [0, 0.1) is 5.92 Å². The van der Waals surface area contributed by atoms with Crippen LogP contribution in [0.5, 0.6) is 0 Å². The molecule has 1 aromatic heterocycles. The zero-order valence-corrected chi connectivity index (χ0v) is 13.2. The van der Waals surface area contributed by atoms with Crippen LogP contribution in [0.25, 0.3) is 0 Å². The molecule has 21 heavy (non-hydrogen) atoms. The minimum atomic E-state index is -3.62. The summed E-state index contributed by atoms with van der Waals surface area (Å²) in [5, 5.41) is 10.6. The molecule has 0 spiro atoms. The second-order valence-corrected chi connectivity index (χ2v) is 7.17. The molecule has 0 aromatic carbocycles. The average Bonchev–Trinajstić information content (AvgIpc) is 2.46.